The van der Waals surface area contributed by atoms with E-state index in [1.54, 1.807) is 12.1 Å². The van der Waals surface area contributed by atoms with Crippen molar-refractivity contribution in [3.63, 3.8) is 0 Å². The molecular formula is C10H15N3O2. The molecule has 0 saturated carbocycles. The van der Waals surface area contributed by atoms with E-state index in [9.17, 15) is 10.1 Å². The maximum atomic E-state index is 10.5. The van der Waals surface area contributed by atoms with Crippen LogP contribution in [0.1, 0.15) is 13.3 Å². The number of hydrogen-bond acceptors (Lipinski definition) is 4. The summed E-state index contributed by atoms with van der Waals surface area (Å²) in [6.07, 6.45) is 0.877. The Kier molecular flexibility index (Phi) is 4.05. The average molecular weight is 209 g/mol. The van der Waals surface area contributed by atoms with Crippen LogP contribution in [-0.4, -0.2) is 17.5 Å². The molecule has 15 heavy (non-hydrogen) atoms. The Bertz CT molecular complexity index is 341. The number of hydrogen-bond donors (Lipinski definition) is 2. The number of non-ortho nitro benzene ring substituents is 1. The largest absolute Gasteiger partial charge is 0.383 e. The normalized spacial score (nSPS) is 12.1. The molecular weight excluding hydrogens is 194 g/mol. The fourth-order valence-corrected chi connectivity index (χ4v) is 1.12. The summed E-state index contributed by atoms with van der Waals surface area (Å²) < 4.78 is 0. The average Bonchev–Trinajstić information content (AvgIpc) is 2.26. The highest BCUT2D eigenvalue weighted by Crippen LogP contribution is 2.16. The van der Waals surface area contributed by atoms with E-state index in [1.165, 1.54) is 12.1 Å². The topological polar surface area (TPSA) is 81.2 Å². The van der Waals surface area contributed by atoms with E-state index in [0.717, 1.165) is 12.1 Å². The van der Waals surface area contributed by atoms with Gasteiger partial charge in [-0.1, -0.05) is 13.0 Å². The second kappa shape index (κ2) is 5.31. The minimum Gasteiger partial charge on any atom is -0.383 e. The van der Waals surface area contributed by atoms with Crippen LogP contribution in [-0.2, 0) is 0 Å². The van der Waals surface area contributed by atoms with Gasteiger partial charge in [0, 0.05) is 30.4 Å². The highest BCUT2D eigenvalue weighted by molar-refractivity contribution is 5.50. The van der Waals surface area contributed by atoms with Crippen molar-refractivity contribution in [3.8, 4) is 0 Å². The van der Waals surface area contributed by atoms with Crippen LogP contribution in [0.5, 0.6) is 0 Å². The van der Waals surface area contributed by atoms with E-state index < -0.39 is 4.92 Å². The number of nitro benzene ring substituents is 1. The van der Waals surface area contributed by atoms with Crippen molar-refractivity contribution < 1.29 is 4.92 Å². The predicted octanol–water partition coefficient (Wildman–Crippen LogP) is 1.74. The number of rotatable bonds is 5. The van der Waals surface area contributed by atoms with Gasteiger partial charge in [0.1, 0.15) is 0 Å². The monoisotopic (exact) mass is 209 g/mol. The van der Waals surface area contributed by atoms with Crippen LogP contribution in [0.3, 0.4) is 0 Å². The molecule has 1 aromatic carbocycles. The minimum atomic E-state index is -0.412. The summed E-state index contributed by atoms with van der Waals surface area (Å²) in [6, 6.07) is 6.48. The van der Waals surface area contributed by atoms with Crippen molar-refractivity contribution in [1.82, 2.24) is 0 Å². The fraction of sp³-hybridized carbons (Fsp3) is 0.400. The highest BCUT2D eigenvalue weighted by Gasteiger charge is 2.05. The third-order valence-electron chi connectivity index (χ3n) is 2.15. The van der Waals surface area contributed by atoms with E-state index in [0.29, 0.717) is 6.54 Å². The van der Waals surface area contributed by atoms with Crippen molar-refractivity contribution >= 4 is 11.4 Å². The van der Waals surface area contributed by atoms with Crippen LogP contribution >= 0.6 is 0 Å². The molecule has 0 aliphatic carbocycles. The summed E-state index contributed by atoms with van der Waals surface area (Å²) in [4.78, 5) is 10.1. The molecule has 0 bridgehead atoms. The Hall–Kier alpha value is -1.62. The number of nitrogens with two attached hydrogens (primary N) is 1. The highest BCUT2D eigenvalue weighted by atomic mass is 16.6. The zero-order valence-electron chi connectivity index (χ0n) is 8.64. The SMILES string of the molecule is CCC(N)CNc1cccc([N+](=O)[O-])c1. The first-order valence-electron chi connectivity index (χ1n) is 4.87. The van der Waals surface area contributed by atoms with E-state index in [4.69, 9.17) is 5.73 Å². The molecule has 0 aliphatic rings. The van der Waals surface area contributed by atoms with Gasteiger partial charge >= 0.3 is 0 Å². The van der Waals surface area contributed by atoms with Gasteiger partial charge in [0.15, 0.2) is 0 Å². The first-order chi connectivity index (χ1) is 7.13. The van der Waals surface area contributed by atoms with Crippen LogP contribution in [0.2, 0.25) is 0 Å². The van der Waals surface area contributed by atoms with Crippen molar-refractivity contribution in [2.45, 2.75) is 19.4 Å². The maximum absolute atomic E-state index is 10.5. The van der Waals surface area contributed by atoms with Crippen LogP contribution in [0.25, 0.3) is 0 Å². The molecule has 1 aromatic rings. The van der Waals surface area contributed by atoms with Crippen LogP contribution in [0.15, 0.2) is 24.3 Å². The predicted molar refractivity (Wildman–Crippen MR) is 59.9 cm³/mol. The molecule has 0 radical (unpaired) electrons. The first-order valence-corrected chi connectivity index (χ1v) is 4.87. The van der Waals surface area contributed by atoms with Crippen molar-refractivity contribution in [2.24, 2.45) is 5.73 Å². The Morgan fingerprint density at radius 2 is 2.33 bits per heavy atom. The Morgan fingerprint density at radius 3 is 2.93 bits per heavy atom. The molecule has 82 valence electrons. The van der Waals surface area contributed by atoms with Crippen molar-refractivity contribution in [3.05, 3.63) is 34.4 Å². The summed E-state index contributed by atoms with van der Waals surface area (Å²) in [6.45, 7) is 2.62. The lowest BCUT2D eigenvalue weighted by Gasteiger charge is -2.10. The summed E-state index contributed by atoms with van der Waals surface area (Å²) >= 11 is 0. The smallest absolute Gasteiger partial charge is 0.271 e. The molecule has 1 atom stereocenters. The van der Waals surface area contributed by atoms with Crippen LogP contribution in [0.4, 0.5) is 11.4 Å². The van der Waals surface area contributed by atoms with E-state index in [2.05, 4.69) is 5.32 Å². The molecule has 0 aromatic heterocycles. The van der Waals surface area contributed by atoms with Gasteiger partial charge in [-0.2, -0.15) is 0 Å². The summed E-state index contributed by atoms with van der Waals surface area (Å²) in [5, 5.41) is 13.6. The Labute approximate surface area is 88.4 Å². The first kappa shape index (κ1) is 11.5. The van der Waals surface area contributed by atoms with Crippen molar-refractivity contribution in [2.75, 3.05) is 11.9 Å². The van der Waals surface area contributed by atoms with E-state index >= 15 is 0 Å². The summed E-state index contributed by atoms with van der Waals surface area (Å²) in [5.74, 6) is 0. The minimum absolute atomic E-state index is 0.0734. The molecule has 0 aliphatic heterocycles. The lowest BCUT2D eigenvalue weighted by molar-refractivity contribution is -0.384. The Morgan fingerprint density at radius 1 is 1.60 bits per heavy atom. The molecule has 3 N–H and O–H groups in total. The maximum Gasteiger partial charge on any atom is 0.271 e. The number of benzene rings is 1. The van der Waals surface area contributed by atoms with Crippen molar-refractivity contribution in [1.29, 1.82) is 0 Å². The third kappa shape index (κ3) is 3.55. The van der Waals surface area contributed by atoms with Gasteiger partial charge in [0.25, 0.3) is 5.69 Å². The van der Waals surface area contributed by atoms with Gasteiger partial charge in [-0.25, -0.2) is 0 Å². The van der Waals surface area contributed by atoms with Gasteiger partial charge in [-0.3, -0.25) is 10.1 Å². The zero-order valence-corrected chi connectivity index (χ0v) is 8.64. The third-order valence-corrected chi connectivity index (χ3v) is 2.15. The lowest BCUT2D eigenvalue weighted by atomic mass is 10.2. The van der Waals surface area contributed by atoms with Gasteiger partial charge in [-0.05, 0) is 12.5 Å². The summed E-state index contributed by atoms with van der Waals surface area (Å²) in [7, 11) is 0. The van der Waals surface area contributed by atoms with E-state index in [1.807, 2.05) is 6.92 Å². The molecule has 1 unspecified atom stereocenters. The second-order valence-corrected chi connectivity index (χ2v) is 3.36. The lowest BCUT2D eigenvalue weighted by Crippen LogP contribution is -2.27. The fourth-order valence-electron chi connectivity index (χ4n) is 1.12. The quantitative estimate of drug-likeness (QED) is 0.571. The van der Waals surface area contributed by atoms with Crippen LogP contribution in [0, 0.1) is 10.1 Å². The molecule has 0 spiro atoms. The standard InChI is InChI=1S/C10H15N3O2/c1-2-8(11)7-12-9-4-3-5-10(6-9)13(14)15/h3-6,8,12H,2,7,11H2,1H3. The molecule has 5 heteroatoms. The molecule has 0 heterocycles. The van der Waals surface area contributed by atoms with Gasteiger partial charge in [-0.15, -0.1) is 0 Å². The molecule has 5 nitrogen and oxygen atoms in total. The number of nitrogens with zero attached hydrogens (tertiary/aromatic N) is 1. The number of nitrogens with one attached hydrogen (secondary N) is 1. The second-order valence-electron chi connectivity index (χ2n) is 3.36. The molecule has 0 saturated heterocycles. The van der Waals surface area contributed by atoms with Gasteiger partial charge < -0.3 is 11.1 Å². The zero-order chi connectivity index (χ0) is 11.3. The van der Waals surface area contributed by atoms with E-state index in [-0.39, 0.29) is 11.7 Å². The van der Waals surface area contributed by atoms with Gasteiger partial charge in [0.05, 0.1) is 4.92 Å². The molecule has 1 rings (SSSR count). The summed E-state index contributed by atoms with van der Waals surface area (Å²) in [5.41, 5.74) is 6.54. The number of anilines is 1. The van der Waals surface area contributed by atoms with Gasteiger partial charge in [0.2, 0.25) is 0 Å². The number of nitro groups is 1. The molecule has 0 amide bonds. The van der Waals surface area contributed by atoms with Crippen LogP contribution < -0.4 is 11.1 Å². The molecule has 0 fully saturated rings. The Balaban J connectivity index is 2.62.